The quantitative estimate of drug-likeness (QED) is 0.584. The number of methoxy groups -OCH3 is 1. The SMILES string of the molecule is C=CC(C)(C)c1c(O)cc(OC)c2c1OC13C(=CC4CC1C(C)(C)OC3(CC=C(C)C)C4=O)C2=O. The molecule has 1 spiro atoms. The normalized spacial score (nSPS) is 31.8. The summed E-state index contributed by atoms with van der Waals surface area (Å²) >= 11 is 0. The summed E-state index contributed by atoms with van der Waals surface area (Å²) in [6, 6.07) is 1.46. The van der Waals surface area contributed by atoms with Crippen LogP contribution in [0.15, 0.2) is 42.0 Å². The Bertz CT molecular complexity index is 1240. The Hall–Kier alpha value is -2.86. The van der Waals surface area contributed by atoms with E-state index >= 15 is 0 Å². The molecule has 2 aliphatic heterocycles. The van der Waals surface area contributed by atoms with Gasteiger partial charge in [0.15, 0.2) is 22.8 Å². The Morgan fingerprint density at radius 3 is 2.60 bits per heavy atom. The first-order valence-corrected chi connectivity index (χ1v) is 12.2. The van der Waals surface area contributed by atoms with Gasteiger partial charge < -0.3 is 19.3 Å². The number of carbonyl (C=O) groups is 2. The number of aromatic hydroxyl groups is 1. The second-order valence-electron chi connectivity index (χ2n) is 11.6. The summed E-state index contributed by atoms with van der Waals surface area (Å²) in [6.07, 6.45) is 6.35. The number of allylic oxidation sites excluding steroid dienone is 3. The van der Waals surface area contributed by atoms with Crippen LogP contribution < -0.4 is 9.47 Å². The highest BCUT2D eigenvalue weighted by Crippen LogP contribution is 2.68. The Kier molecular flexibility index (Phi) is 4.84. The number of Topliss-reactive ketones (excluding diaryl/α,β-unsaturated/α-hetero) is 2. The van der Waals surface area contributed by atoms with E-state index < -0.39 is 28.1 Å². The van der Waals surface area contributed by atoms with Crippen LogP contribution in [0.2, 0.25) is 0 Å². The molecule has 0 amide bonds. The molecule has 2 heterocycles. The molecule has 2 fully saturated rings. The maximum absolute atomic E-state index is 14.3. The molecule has 4 unspecified atom stereocenters. The number of phenols is 1. The summed E-state index contributed by atoms with van der Waals surface area (Å²) in [4.78, 5) is 28.3. The fourth-order valence-corrected chi connectivity index (χ4v) is 6.80. The summed E-state index contributed by atoms with van der Waals surface area (Å²) in [5.41, 5.74) is -1.85. The topological polar surface area (TPSA) is 82.1 Å². The second kappa shape index (κ2) is 7.10. The molecule has 186 valence electrons. The van der Waals surface area contributed by atoms with Crippen LogP contribution in [-0.2, 0) is 14.9 Å². The molecular weight excluding hydrogens is 444 g/mol. The van der Waals surface area contributed by atoms with Gasteiger partial charge in [-0.3, -0.25) is 9.59 Å². The third-order valence-corrected chi connectivity index (χ3v) is 8.49. The molecule has 1 saturated heterocycles. The lowest BCUT2D eigenvalue weighted by atomic mass is 9.51. The number of ether oxygens (including phenoxy) is 3. The number of benzene rings is 1. The number of hydrogen-bond donors (Lipinski definition) is 1. The average Bonchev–Trinajstić information content (AvgIpc) is 2.94. The monoisotopic (exact) mass is 478 g/mol. The highest BCUT2D eigenvalue weighted by Gasteiger charge is 2.81. The van der Waals surface area contributed by atoms with E-state index in [0.29, 0.717) is 24.0 Å². The minimum Gasteiger partial charge on any atom is -0.507 e. The summed E-state index contributed by atoms with van der Waals surface area (Å²) < 4.78 is 19.2. The molecule has 5 aliphatic rings. The molecule has 35 heavy (non-hydrogen) atoms. The van der Waals surface area contributed by atoms with E-state index in [4.69, 9.17) is 14.2 Å². The minimum atomic E-state index is -1.34. The predicted octanol–water partition coefficient (Wildman–Crippen LogP) is 5.23. The van der Waals surface area contributed by atoms with Crippen LogP contribution in [0.1, 0.15) is 70.3 Å². The van der Waals surface area contributed by atoms with Crippen LogP contribution in [-0.4, -0.2) is 40.6 Å². The van der Waals surface area contributed by atoms with Gasteiger partial charge in [0.05, 0.1) is 12.7 Å². The van der Waals surface area contributed by atoms with Crippen LogP contribution in [0, 0.1) is 11.8 Å². The van der Waals surface area contributed by atoms with Crippen molar-refractivity contribution in [2.75, 3.05) is 7.11 Å². The standard InChI is InChI=1S/C29H34O6/c1-9-26(4,5)22-18(30)14-19(33-8)21-23(31)17-12-16-13-20-27(6,7)35-28(25(16)32,11-10-15(2)3)29(17,20)34-24(21)22/h9-10,12,14,16,20,30H,1,11,13H2,2-8H3. The molecule has 6 rings (SSSR count). The molecule has 1 N–H and O–H groups in total. The molecule has 1 saturated carbocycles. The molecule has 0 radical (unpaired) electrons. The molecule has 6 heteroatoms. The van der Waals surface area contributed by atoms with Crippen molar-refractivity contribution in [1.29, 1.82) is 0 Å². The fraction of sp³-hybridized carbons (Fsp3) is 0.517. The fourth-order valence-electron chi connectivity index (χ4n) is 6.80. The van der Waals surface area contributed by atoms with Crippen molar-refractivity contribution in [3.63, 3.8) is 0 Å². The largest absolute Gasteiger partial charge is 0.507 e. The first-order valence-electron chi connectivity index (χ1n) is 12.2. The summed E-state index contributed by atoms with van der Waals surface area (Å²) in [5.74, 6) is -0.499. The smallest absolute Gasteiger partial charge is 0.200 e. The van der Waals surface area contributed by atoms with Gasteiger partial charge in [0.1, 0.15) is 22.8 Å². The minimum absolute atomic E-state index is 0.0477. The molecule has 4 atom stereocenters. The molecule has 1 aromatic rings. The highest BCUT2D eigenvalue weighted by molar-refractivity contribution is 6.18. The Morgan fingerprint density at radius 1 is 1.31 bits per heavy atom. The van der Waals surface area contributed by atoms with Crippen molar-refractivity contribution in [1.82, 2.24) is 0 Å². The molecule has 6 nitrogen and oxygen atoms in total. The van der Waals surface area contributed by atoms with Gasteiger partial charge in [0, 0.05) is 40.9 Å². The molecule has 4 bridgehead atoms. The number of ketones is 2. The van der Waals surface area contributed by atoms with Crippen molar-refractivity contribution in [3.8, 4) is 17.2 Å². The number of phenolic OH excluding ortho intramolecular Hbond substituents is 1. The third kappa shape index (κ3) is 2.75. The number of fused-ring (bicyclic) bond motifs is 1. The Morgan fingerprint density at radius 2 is 2.00 bits per heavy atom. The lowest BCUT2D eigenvalue weighted by Crippen LogP contribution is -2.72. The first kappa shape index (κ1) is 23.9. The highest BCUT2D eigenvalue weighted by atomic mass is 16.6. The van der Waals surface area contributed by atoms with Gasteiger partial charge in [0.2, 0.25) is 0 Å². The van der Waals surface area contributed by atoms with E-state index in [1.807, 2.05) is 47.6 Å². The molecular formula is C29H34O6. The molecule has 1 aromatic carbocycles. The number of hydrogen-bond acceptors (Lipinski definition) is 6. The average molecular weight is 479 g/mol. The van der Waals surface area contributed by atoms with Crippen molar-refractivity contribution < 1.29 is 28.9 Å². The summed E-state index contributed by atoms with van der Waals surface area (Å²) in [7, 11) is 1.46. The Labute approximate surface area is 206 Å². The summed E-state index contributed by atoms with van der Waals surface area (Å²) in [5, 5.41) is 11.1. The van der Waals surface area contributed by atoms with Crippen LogP contribution in [0.4, 0.5) is 0 Å². The first-order chi connectivity index (χ1) is 16.3. The number of carbonyl (C=O) groups excluding carboxylic acids is 2. The van der Waals surface area contributed by atoms with Crippen molar-refractivity contribution >= 4 is 11.6 Å². The zero-order valence-corrected chi connectivity index (χ0v) is 21.6. The molecule has 0 aromatic heterocycles. The van der Waals surface area contributed by atoms with Gasteiger partial charge in [-0.05, 0) is 34.1 Å². The van der Waals surface area contributed by atoms with Gasteiger partial charge >= 0.3 is 0 Å². The van der Waals surface area contributed by atoms with Gasteiger partial charge in [-0.15, -0.1) is 6.58 Å². The lowest BCUT2D eigenvalue weighted by Gasteiger charge is -2.56. The van der Waals surface area contributed by atoms with Gasteiger partial charge in [0.25, 0.3) is 0 Å². The zero-order valence-electron chi connectivity index (χ0n) is 21.6. The van der Waals surface area contributed by atoms with Crippen LogP contribution >= 0.6 is 0 Å². The maximum Gasteiger partial charge on any atom is 0.200 e. The number of rotatable bonds is 5. The van der Waals surface area contributed by atoms with Gasteiger partial charge in [-0.1, -0.05) is 37.6 Å². The zero-order chi connectivity index (χ0) is 25.7. The predicted molar refractivity (Wildman–Crippen MR) is 132 cm³/mol. The van der Waals surface area contributed by atoms with Crippen molar-refractivity contribution in [3.05, 3.63) is 53.1 Å². The second-order valence-corrected chi connectivity index (χ2v) is 11.6. The van der Waals surface area contributed by atoms with E-state index in [-0.39, 0.29) is 40.3 Å². The van der Waals surface area contributed by atoms with E-state index in [9.17, 15) is 14.7 Å². The lowest BCUT2D eigenvalue weighted by molar-refractivity contribution is -0.171. The Balaban J connectivity index is 1.88. The summed E-state index contributed by atoms with van der Waals surface area (Å²) in [6.45, 7) is 15.6. The van der Waals surface area contributed by atoms with E-state index in [2.05, 4.69) is 6.58 Å². The van der Waals surface area contributed by atoms with Crippen LogP contribution in [0.25, 0.3) is 0 Å². The van der Waals surface area contributed by atoms with Gasteiger partial charge in [-0.2, -0.15) is 0 Å². The van der Waals surface area contributed by atoms with Crippen molar-refractivity contribution in [2.45, 2.75) is 76.6 Å². The van der Waals surface area contributed by atoms with E-state index in [1.54, 1.807) is 12.2 Å². The third-order valence-electron chi connectivity index (χ3n) is 8.49. The van der Waals surface area contributed by atoms with E-state index in [1.165, 1.54) is 13.2 Å². The van der Waals surface area contributed by atoms with Crippen LogP contribution in [0.5, 0.6) is 17.2 Å². The van der Waals surface area contributed by atoms with Crippen molar-refractivity contribution in [2.24, 2.45) is 11.8 Å². The van der Waals surface area contributed by atoms with Crippen LogP contribution in [0.3, 0.4) is 0 Å². The molecule has 3 aliphatic carbocycles. The van der Waals surface area contributed by atoms with Gasteiger partial charge in [-0.25, -0.2) is 0 Å². The van der Waals surface area contributed by atoms with E-state index in [0.717, 1.165) is 5.57 Å². The maximum atomic E-state index is 14.3.